The Labute approximate surface area is 90.8 Å². The van der Waals surface area contributed by atoms with Gasteiger partial charge in [-0.05, 0) is 32.6 Å². The van der Waals surface area contributed by atoms with Gasteiger partial charge >= 0.3 is 0 Å². The zero-order valence-electron chi connectivity index (χ0n) is 9.32. The van der Waals surface area contributed by atoms with Crippen LogP contribution < -0.4 is 5.73 Å². The third-order valence-corrected chi connectivity index (χ3v) is 3.43. The third kappa shape index (κ3) is 2.16. The largest absolute Gasteiger partial charge is 0.378 e. The molecular weight excluding hydrogens is 192 g/mol. The van der Waals surface area contributed by atoms with Gasteiger partial charge in [-0.2, -0.15) is 0 Å². The molecule has 1 saturated heterocycles. The lowest BCUT2D eigenvalue weighted by Crippen LogP contribution is -2.57. The van der Waals surface area contributed by atoms with Gasteiger partial charge in [-0.1, -0.05) is 0 Å². The highest BCUT2D eigenvalue weighted by Gasteiger charge is 2.39. The second-order valence-corrected chi connectivity index (χ2v) is 4.48. The second kappa shape index (κ2) is 4.49. The number of hydrogen-bond acceptors (Lipinski definition) is 3. The van der Waals surface area contributed by atoms with E-state index < -0.39 is 0 Å². The molecule has 0 aromatic heterocycles. The van der Waals surface area contributed by atoms with E-state index >= 15 is 0 Å². The molecule has 0 spiro atoms. The van der Waals surface area contributed by atoms with E-state index in [0.29, 0.717) is 12.1 Å². The summed E-state index contributed by atoms with van der Waals surface area (Å²) in [6.07, 6.45) is 4.24. The molecule has 2 N–H and O–H groups in total. The molecule has 1 saturated carbocycles. The standard InChI is InChI=1S/C11H20N2O2/c1-2-15-9-6-8(7-9)13-5-3-4-10(12)11(13)14/h8-10H,2-7,12H2,1H3. The molecular formula is C11H20N2O2. The zero-order chi connectivity index (χ0) is 10.8. The van der Waals surface area contributed by atoms with Gasteiger partial charge in [0.15, 0.2) is 0 Å². The van der Waals surface area contributed by atoms with Gasteiger partial charge in [-0.15, -0.1) is 0 Å². The fraction of sp³-hybridized carbons (Fsp3) is 0.909. The molecule has 4 heteroatoms. The summed E-state index contributed by atoms with van der Waals surface area (Å²) in [5.74, 6) is 0.140. The second-order valence-electron chi connectivity index (χ2n) is 4.48. The van der Waals surface area contributed by atoms with Crippen molar-refractivity contribution in [2.75, 3.05) is 13.2 Å². The molecule has 0 aromatic rings. The Balaban J connectivity index is 1.82. The van der Waals surface area contributed by atoms with Crippen LogP contribution in [0.5, 0.6) is 0 Å². The lowest BCUT2D eigenvalue weighted by atomic mass is 9.86. The molecule has 1 unspecified atom stereocenters. The van der Waals surface area contributed by atoms with E-state index in [-0.39, 0.29) is 11.9 Å². The maximum Gasteiger partial charge on any atom is 0.239 e. The van der Waals surface area contributed by atoms with Gasteiger partial charge in [0.2, 0.25) is 5.91 Å². The number of carbonyl (C=O) groups excluding carboxylic acids is 1. The Hall–Kier alpha value is -0.610. The Kier molecular flexibility index (Phi) is 3.26. The Bertz CT molecular complexity index is 239. The average molecular weight is 212 g/mol. The molecule has 1 aliphatic carbocycles. The Morgan fingerprint density at radius 3 is 2.93 bits per heavy atom. The monoisotopic (exact) mass is 212 g/mol. The molecule has 1 heterocycles. The molecule has 2 fully saturated rings. The maximum absolute atomic E-state index is 11.8. The predicted molar refractivity (Wildman–Crippen MR) is 57.4 cm³/mol. The number of carbonyl (C=O) groups is 1. The smallest absolute Gasteiger partial charge is 0.239 e. The van der Waals surface area contributed by atoms with E-state index in [9.17, 15) is 4.79 Å². The van der Waals surface area contributed by atoms with Crippen molar-refractivity contribution in [3.63, 3.8) is 0 Å². The van der Waals surface area contributed by atoms with Crippen LogP contribution in [0.15, 0.2) is 0 Å². The van der Waals surface area contributed by atoms with Gasteiger partial charge in [0.05, 0.1) is 12.1 Å². The SMILES string of the molecule is CCOC1CC(N2CCCC(N)C2=O)C1. The summed E-state index contributed by atoms with van der Waals surface area (Å²) in [6, 6.07) is 0.130. The maximum atomic E-state index is 11.8. The molecule has 1 amide bonds. The molecule has 0 bridgehead atoms. The van der Waals surface area contributed by atoms with Crippen molar-refractivity contribution in [2.45, 2.75) is 50.8 Å². The van der Waals surface area contributed by atoms with Gasteiger partial charge in [0.25, 0.3) is 0 Å². The quantitative estimate of drug-likeness (QED) is 0.741. The first kappa shape index (κ1) is 10.9. The van der Waals surface area contributed by atoms with Gasteiger partial charge in [-0.25, -0.2) is 0 Å². The van der Waals surface area contributed by atoms with Crippen LogP contribution in [0.1, 0.15) is 32.6 Å². The van der Waals surface area contributed by atoms with E-state index in [4.69, 9.17) is 10.5 Å². The number of nitrogens with zero attached hydrogens (tertiary/aromatic N) is 1. The normalized spacial score (nSPS) is 36.5. The molecule has 1 atom stereocenters. The number of amides is 1. The molecule has 2 rings (SSSR count). The molecule has 2 aliphatic rings. The van der Waals surface area contributed by atoms with Gasteiger partial charge in [0, 0.05) is 19.2 Å². The first-order valence-corrected chi connectivity index (χ1v) is 5.90. The van der Waals surface area contributed by atoms with Gasteiger partial charge in [-0.3, -0.25) is 4.79 Å². The zero-order valence-corrected chi connectivity index (χ0v) is 9.32. The van der Waals surface area contributed by atoms with Crippen LogP contribution in [-0.2, 0) is 9.53 Å². The Morgan fingerprint density at radius 2 is 2.27 bits per heavy atom. The highest BCUT2D eigenvalue weighted by atomic mass is 16.5. The lowest BCUT2D eigenvalue weighted by Gasteiger charge is -2.45. The molecule has 1 aliphatic heterocycles. The molecule has 0 radical (unpaired) electrons. The van der Waals surface area contributed by atoms with Crippen molar-refractivity contribution in [2.24, 2.45) is 5.73 Å². The first-order chi connectivity index (χ1) is 7.22. The average Bonchev–Trinajstić information content (AvgIpc) is 2.16. The highest BCUT2D eigenvalue weighted by Crippen LogP contribution is 2.30. The van der Waals surface area contributed by atoms with Crippen molar-refractivity contribution in [1.82, 2.24) is 4.90 Å². The van der Waals surface area contributed by atoms with Gasteiger partial charge < -0.3 is 15.4 Å². The number of rotatable bonds is 3. The minimum Gasteiger partial charge on any atom is -0.378 e. The number of nitrogens with two attached hydrogens (primary N) is 1. The molecule has 15 heavy (non-hydrogen) atoms. The van der Waals surface area contributed by atoms with Crippen molar-refractivity contribution < 1.29 is 9.53 Å². The number of ether oxygens (including phenoxy) is 1. The van der Waals surface area contributed by atoms with Crippen molar-refractivity contribution in [1.29, 1.82) is 0 Å². The van der Waals surface area contributed by atoms with E-state index in [1.165, 1.54) is 0 Å². The Morgan fingerprint density at radius 1 is 1.53 bits per heavy atom. The summed E-state index contributed by atoms with van der Waals surface area (Å²) in [4.78, 5) is 13.7. The summed E-state index contributed by atoms with van der Waals surface area (Å²) in [5, 5.41) is 0. The summed E-state index contributed by atoms with van der Waals surface area (Å²) < 4.78 is 5.49. The highest BCUT2D eigenvalue weighted by molar-refractivity contribution is 5.82. The molecule has 0 aromatic carbocycles. The predicted octanol–water partition coefficient (Wildman–Crippen LogP) is 0.504. The van der Waals surface area contributed by atoms with Crippen molar-refractivity contribution in [3.05, 3.63) is 0 Å². The van der Waals surface area contributed by atoms with E-state index in [2.05, 4.69) is 0 Å². The number of likely N-dealkylation sites (tertiary alicyclic amines) is 1. The van der Waals surface area contributed by atoms with Crippen LogP contribution in [0.2, 0.25) is 0 Å². The van der Waals surface area contributed by atoms with Crippen LogP contribution in [0.25, 0.3) is 0 Å². The first-order valence-electron chi connectivity index (χ1n) is 5.90. The summed E-state index contributed by atoms with van der Waals surface area (Å²) in [7, 11) is 0. The van der Waals surface area contributed by atoms with Gasteiger partial charge in [0.1, 0.15) is 0 Å². The molecule has 86 valence electrons. The van der Waals surface area contributed by atoms with Crippen LogP contribution in [0.4, 0.5) is 0 Å². The lowest BCUT2D eigenvalue weighted by molar-refractivity contribution is -0.143. The number of hydrogen-bond donors (Lipinski definition) is 1. The fourth-order valence-electron chi connectivity index (χ4n) is 2.45. The topological polar surface area (TPSA) is 55.6 Å². The third-order valence-electron chi connectivity index (χ3n) is 3.43. The summed E-state index contributed by atoms with van der Waals surface area (Å²) in [5.41, 5.74) is 5.76. The van der Waals surface area contributed by atoms with Crippen LogP contribution in [0.3, 0.4) is 0 Å². The van der Waals surface area contributed by atoms with Crippen molar-refractivity contribution in [3.8, 4) is 0 Å². The molecule has 4 nitrogen and oxygen atoms in total. The number of piperidine rings is 1. The van der Waals surface area contributed by atoms with Crippen LogP contribution in [-0.4, -0.2) is 42.1 Å². The van der Waals surface area contributed by atoms with Crippen LogP contribution in [0, 0.1) is 0 Å². The summed E-state index contributed by atoms with van der Waals surface area (Å²) >= 11 is 0. The minimum atomic E-state index is -0.259. The van der Waals surface area contributed by atoms with E-state index in [1.807, 2.05) is 11.8 Å². The van der Waals surface area contributed by atoms with Crippen molar-refractivity contribution >= 4 is 5.91 Å². The minimum absolute atomic E-state index is 0.140. The van der Waals surface area contributed by atoms with E-state index in [0.717, 1.165) is 38.8 Å². The fourth-order valence-corrected chi connectivity index (χ4v) is 2.45. The summed E-state index contributed by atoms with van der Waals surface area (Å²) in [6.45, 7) is 3.66. The van der Waals surface area contributed by atoms with Crippen LogP contribution >= 0.6 is 0 Å². The van der Waals surface area contributed by atoms with E-state index in [1.54, 1.807) is 0 Å².